The van der Waals surface area contributed by atoms with Crippen molar-refractivity contribution in [2.75, 3.05) is 7.11 Å². The van der Waals surface area contributed by atoms with E-state index in [9.17, 15) is 9.59 Å². The van der Waals surface area contributed by atoms with E-state index in [4.69, 9.17) is 0 Å². The van der Waals surface area contributed by atoms with E-state index in [-0.39, 0.29) is 24.0 Å². The Morgan fingerprint density at radius 3 is 3.00 bits per heavy atom. The molecule has 2 heterocycles. The minimum Gasteiger partial charge on any atom is -0.467 e. The van der Waals surface area contributed by atoms with Gasteiger partial charge in [-0.3, -0.25) is 4.79 Å². The number of rotatable bonds is 1. The first-order chi connectivity index (χ1) is 6.22. The average Bonchev–Trinajstić information content (AvgIpc) is 2.56. The predicted molar refractivity (Wildman–Crippen MR) is 43.9 cm³/mol. The predicted octanol–water partition coefficient (Wildman–Crippen LogP) is -1.22. The van der Waals surface area contributed by atoms with E-state index in [0.29, 0.717) is 0 Å². The number of amides is 1. The number of piperazine rings is 1. The van der Waals surface area contributed by atoms with Crippen molar-refractivity contribution in [2.24, 2.45) is 0 Å². The molecule has 0 aromatic carbocycles. The highest BCUT2D eigenvalue weighted by atomic mass is 16.5. The molecular weight excluding hydrogens is 172 g/mol. The molecule has 2 rings (SSSR count). The molecule has 0 saturated carbocycles. The first-order valence-electron chi connectivity index (χ1n) is 4.36. The van der Waals surface area contributed by atoms with Crippen LogP contribution in [-0.2, 0) is 14.3 Å². The van der Waals surface area contributed by atoms with Gasteiger partial charge in [0.25, 0.3) is 0 Å². The summed E-state index contributed by atoms with van der Waals surface area (Å²) in [6.45, 7) is 0. The lowest BCUT2D eigenvalue weighted by atomic mass is 10.1. The van der Waals surface area contributed by atoms with Gasteiger partial charge in [-0.2, -0.15) is 0 Å². The molecule has 3 atom stereocenters. The number of ether oxygens (including phenoxy) is 1. The first kappa shape index (κ1) is 8.50. The summed E-state index contributed by atoms with van der Waals surface area (Å²) in [6.07, 6.45) is 1.66. The Morgan fingerprint density at radius 2 is 2.31 bits per heavy atom. The fourth-order valence-electron chi connectivity index (χ4n) is 1.95. The molecule has 2 saturated heterocycles. The smallest absolute Gasteiger partial charge is 0.330 e. The van der Waals surface area contributed by atoms with E-state index >= 15 is 0 Å². The van der Waals surface area contributed by atoms with Gasteiger partial charge < -0.3 is 15.4 Å². The van der Waals surface area contributed by atoms with Crippen molar-refractivity contribution in [2.45, 2.75) is 31.0 Å². The summed E-state index contributed by atoms with van der Waals surface area (Å²) in [5, 5.41) is 5.75. The van der Waals surface area contributed by atoms with Crippen LogP contribution >= 0.6 is 0 Å². The second kappa shape index (κ2) is 2.99. The molecule has 0 spiro atoms. The van der Waals surface area contributed by atoms with E-state index in [2.05, 4.69) is 15.4 Å². The number of esters is 1. The quantitative estimate of drug-likeness (QED) is 0.501. The third-order valence-corrected chi connectivity index (χ3v) is 2.65. The van der Waals surface area contributed by atoms with Crippen molar-refractivity contribution in [1.29, 1.82) is 0 Å². The minimum atomic E-state index is -0.503. The fraction of sp³-hybridized carbons (Fsp3) is 0.750. The Kier molecular flexibility index (Phi) is 1.95. The molecule has 2 N–H and O–H groups in total. The molecule has 5 nitrogen and oxygen atoms in total. The van der Waals surface area contributed by atoms with Crippen molar-refractivity contribution >= 4 is 11.9 Å². The summed E-state index contributed by atoms with van der Waals surface area (Å²) in [5.74, 6) is -0.463. The molecule has 2 fully saturated rings. The maximum Gasteiger partial charge on any atom is 0.330 e. The zero-order chi connectivity index (χ0) is 9.42. The van der Waals surface area contributed by atoms with Crippen LogP contribution in [0.4, 0.5) is 0 Å². The molecule has 0 aliphatic carbocycles. The van der Waals surface area contributed by atoms with E-state index < -0.39 is 6.04 Å². The maximum atomic E-state index is 11.3. The molecule has 3 unspecified atom stereocenters. The number of carbonyl (C=O) groups is 2. The minimum absolute atomic E-state index is 0.0511. The topological polar surface area (TPSA) is 67.4 Å². The fourth-order valence-corrected chi connectivity index (χ4v) is 1.95. The lowest BCUT2D eigenvalue weighted by Crippen LogP contribution is -2.62. The van der Waals surface area contributed by atoms with Gasteiger partial charge in [-0.1, -0.05) is 0 Å². The molecule has 1 amide bonds. The summed E-state index contributed by atoms with van der Waals surface area (Å²) in [7, 11) is 1.33. The van der Waals surface area contributed by atoms with Gasteiger partial charge in [0.2, 0.25) is 5.91 Å². The molecule has 2 aliphatic rings. The molecule has 72 valence electrons. The van der Waals surface area contributed by atoms with Gasteiger partial charge in [-0.05, 0) is 12.8 Å². The van der Waals surface area contributed by atoms with Gasteiger partial charge in [-0.15, -0.1) is 0 Å². The second-order valence-corrected chi connectivity index (χ2v) is 3.41. The van der Waals surface area contributed by atoms with Gasteiger partial charge in [0, 0.05) is 6.04 Å². The van der Waals surface area contributed by atoms with Crippen molar-refractivity contribution in [3.63, 3.8) is 0 Å². The summed E-state index contributed by atoms with van der Waals surface area (Å²) >= 11 is 0. The Labute approximate surface area is 75.8 Å². The highest BCUT2D eigenvalue weighted by Gasteiger charge is 2.43. The van der Waals surface area contributed by atoms with E-state index in [0.717, 1.165) is 12.8 Å². The van der Waals surface area contributed by atoms with Crippen LogP contribution in [0, 0.1) is 0 Å². The van der Waals surface area contributed by atoms with Gasteiger partial charge in [0.1, 0.15) is 6.04 Å². The Balaban J connectivity index is 2.12. The number of methoxy groups -OCH3 is 1. The van der Waals surface area contributed by atoms with Gasteiger partial charge in [0.15, 0.2) is 0 Å². The van der Waals surface area contributed by atoms with Crippen LogP contribution in [0.25, 0.3) is 0 Å². The highest BCUT2D eigenvalue weighted by molar-refractivity contribution is 5.90. The highest BCUT2D eigenvalue weighted by Crippen LogP contribution is 2.20. The monoisotopic (exact) mass is 184 g/mol. The van der Waals surface area contributed by atoms with Crippen LogP contribution in [-0.4, -0.2) is 37.1 Å². The van der Waals surface area contributed by atoms with Crippen LogP contribution in [0.3, 0.4) is 0 Å². The van der Waals surface area contributed by atoms with Crippen LogP contribution < -0.4 is 10.6 Å². The van der Waals surface area contributed by atoms with Crippen LogP contribution in [0.15, 0.2) is 0 Å². The lowest BCUT2D eigenvalue weighted by Gasteiger charge is -2.28. The van der Waals surface area contributed by atoms with Crippen molar-refractivity contribution in [3.05, 3.63) is 0 Å². The Hall–Kier alpha value is -1.10. The summed E-state index contributed by atoms with van der Waals surface area (Å²) in [4.78, 5) is 22.5. The molecule has 2 aliphatic heterocycles. The molecule has 5 heteroatoms. The first-order valence-corrected chi connectivity index (χ1v) is 4.36. The number of carbonyl (C=O) groups excluding carboxylic acids is 2. The number of hydrogen-bond acceptors (Lipinski definition) is 4. The largest absolute Gasteiger partial charge is 0.467 e. The Morgan fingerprint density at radius 1 is 1.54 bits per heavy atom. The summed E-state index contributed by atoms with van der Waals surface area (Å²) in [5.41, 5.74) is 0. The van der Waals surface area contributed by atoms with Crippen molar-refractivity contribution < 1.29 is 14.3 Å². The average molecular weight is 184 g/mol. The Bertz CT molecular complexity index is 254. The number of nitrogens with one attached hydrogen (secondary N) is 2. The molecule has 0 aromatic rings. The zero-order valence-electron chi connectivity index (χ0n) is 7.37. The zero-order valence-corrected chi connectivity index (χ0v) is 7.37. The van der Waals surface area contributed by atoms with Crippen LogP contribution in [0.5, 0.6) is 0 Å². The molecule has 0 radical (unpaired) electrons. The van der Waals surface area contributed by atoms with Gasteiger partial charge >= 0.3 is 5.97 Å². The number of fused-ring (bicyclic) bond motifs is 2. The van der Waals surface area contributed by atoms with Crippen molar-refractivity contribution in [3.8, 4) is 0 Å². The van der Waals surface area contributed by atoms with Crippen LogP contribution in [0.2, 0.25) is 0 Å². The standard InChI is InChI=1S/C8H12N2O3/c1-13-8(12)6-4-2-3-5(9-4)7(11)10-6/h4-6,9H,2-3H2,1H3,(H,10,11). The molecule has 13 heavy (non-hydrogen) atoms. The maximum absolute atomic E-state index is 11.3. The van der Waals surface area contributed by atoms with Gasteiger partial charge in [0.05, 0.1) is 13.2 Å². The molecular formula is C8H12N2O3. The molecule has 2 bridgehead atoms. The van der Waals surface area contributed by atoms with E-state index in [1.165, 1.54) is 7.11 Å². The second-order valence-electron chi connectivity index (χ2n) is 3.41. The lowest BCUT2D eigenvalue weighted by molar-refractivity contribution is -0.147. The third kappa shape index (κ3) is 1.29. The SMILES string of the molecule is COC(=O)C1NC(=O)C2CCC1N2. The van der Waals surface area contributed by atoms with Gasteiger partial charge in [-0.25, -0.2) is 4.79 Å². The summed E-state index contributed by atoms with van der Waals surface area (Å²) in [6, 6.07) is -0.558. The molecule has 0 aromatic heterocycles. The normalized spacial score (nSPS) is 37.0. The third-order valence-electron chi connectivity index (χ3n) is 2.65. The van der Waals surface area contributed by atoms with Crippen LogP contribution in [0.1, 0.15) is 12.8 Å². The van der Waals surface area contributed by atoms with Crippen molar-refractivity contribution in [1.82, 2.24) is 10.6 Å². The van der Waals surface area contributed by atoms with E-state index in [1.807, 2.05) is 0 Å². The summed E-state index contributed by atoms with van der Waals surface area (Å²) < 4.78 is 4.59. The number of hydrogen-bond donors (Lipinski definition) is 2. The van der Waals surface area contributed by atoms with E-state index in [1.54, 1.807) is 0 Å².